The van der Waals surface area contributed by atoms with Gasteiger partial charge in [0.2, 0.25) is 6.41 Å². The zero-order valence-electron chi connectivity index (χ0n) is 8.85. The number of hydrogen-bond donors (Lipinski definition) is 1. The maximum atomic E-state index is 11.4. The van der Waals surface area contributed by atoms with Crippen molar-refractivity contribution in [2.45, 2.75) is 18.4 Å². The van der Waals surface area contributed by atoms with E-state index >= 15 is 0 Å². The van der Waals surface area contributed by atoms with Crippen LogP contribution in [0.1, 0.15) is 12.8 Å². The molecule has 0 saturated carbocycles. The van der Waals surface area contributed by atoms with Crippen LogP contribution < -0.4 is 0 Å². The normalized spacial score (nSPS) is 38.7. The van der Waals surface area contributed by atoms with Gasteiger partial charge >= 0.3 is 5.97 Å². The highest BCUT2D eigenvalue weighted by molar-refractivity contribution is 5.82. The monoisotopic (exact) mass is 212 g/mol. The van der Waals surface area contributed by atoms with Gasteiger partial charge < -0.3 is 14.9 Å². The van der Waals surface area contributed by atoms with Crippen LogP contribution in [-0.2, 0) is 9.59 Å². The summed E-state index contributed by atoms with van der Waals surface area (Å²) in [5.74, 6) is -0.762. The first-order valence-electron chi connectivity index (χ1n) is 5.25. The molecule has 5 nitrogen and oxygen atoms in total. The Hall–Kier alpha value is -1.10. The quantitative estimate of drug-likeness (QED) is 0.648. The van der Waals surface area contributed by atoms with Gasteiger partial charge in [0, 0.05) is 13.6 Å². The number of carboxylic acid groups (broad SMARTS) is 1. The molecule has 0 spiro atoms. The SMILES string of the molecule is CN(C=O)C1(C(=O)O)CN2CCC1CC2. The van der Waals surface area contributed by atoms with Crippen molar-refractivity contribution < 1.29 is 14.7 Å². The number of hydrogen-bond acceptors (Lipinski definition) is 3. The smallest absolute Gasteiger partial charge is 0.331 e. The third-order valence-electron chi connectivity index (χ3n) is 3.89. The third-order valence-corrected chi connectivity index (χ3v) is 3.89. The van der Waals surface area contributed by atoms with Crippen molar-refractivity contribution in [1.29, 1.82) is 0 Å². The van der Waals surface area contributed by atoms with Crippen LogP contribution in [0.4, 0.5) is 0 Å². The van der Waals surface area contributed by atoms with Gasteiger partial charge in [-0.05, 0) is 31.8 Å². The van der Waals surface area contributed by atoms with E-state index in [1.54, 1.807) is 7.05 Å². The van der Waals surface area contributed by atoms with Crippen LogP contribution in [0.3, 0.4) is 0 Å². The molecule has 0 aromatic rings. The van der Waals surface area contributed by atoms with E-state index in [0.29, 0.717) is 13.0 Å². The molecule has 3 rings (SSSR count). The summed E-state index contributed by atoms with van der Waals surface area (Å²) in [4.78, 5) is 25.7. The van der Waals surface area contributed by atoms with Gasteiger partial charge in [-0.2, -0.15) is 0 Å². The number of piperidine rings is 3. The maximum absolute atomic E-state index is 11.4. The molecule has 5 heteroatoms. The second kappa shape index (κ2) is 3.48. The predicted octanol–water partition coefficient (Wildman–Crippen LogP) is -0.376. The van der Waals surface area contributed by atoms with Gasteiger partial charge in [-0.25, -0.2) is 4.79 Å². The predicted molar refractivity (Wildman–Crippen MR) is 53.4 cm³/mol. The molecule has 2 bridgehead atoms. The fourth-order valence-corrected chi connectivity index (χ4v) is 2.93. The highest BCUT2D eigenvalue weighted by Crippen LogP contribution is 2.38. The van der Waals surface area contributed by atoms with Crippen LogP contribution in [0.2, 0.25) is 0 Å². The number of carboxylic acids is 1. The highest BCUT2D eigenvalue weighted by Gasteiger charge is 2.54. The van der Waals surface area contributed by atoms with Crippen molar-refractivity contribution in [3.05, 3.63) is 0 Å². The number of fused-ring (bicyclic) bond motifs is 3. The van der Waals surface area contributed by atoms with Crippen LogP contribution in [-0.4, -0.2) is 59.5 Å². The number of aliphatic carboxylic acids is 1. The number of carbonyl (C=O) groups is 2. The van der Waals surface area contributed by atoms with Gasteiger partial charge in [0.15, 0.2) is 5.54 Å². The van der Waals surface area contributed by atoms with E-state index in [0.717, 1.165) is 25.9 Å². The Morgan fingerprint density at radius 2 is 2.13 bits per heavy atom. The highest BCUT2D eigenvalue weighted by atomic mass is 16.4. The number of likely N-dealkylation sites (N-methyl/N-ethyl adjacent to an activating group) is 1. The number of rotatable bonds is 3. The summed E-state index contributed by atoms with van der Waals surface area (Å²) >= 11 is 0. The largest absolute Gasteiger partial charge is 0.479 e. The maximum Gasteiger partial charge on any atom is 0.331 e. The van der Waals surface area contributed by atoms with E-state index in [2.05, 4.69) is 4.90 Å². The summed E-state index contributed by atoms with van der Waals surface area (Å²) in [6.45, 7) is 2.40. The number of nitrogens with zero attached hydrogens (tertiary/aromatic N) is 2. The van der Waals surface area contributed by atoms with Gasteiger partial charge in [-0.1, -0.05) is 0 Å². The van der Waals surface area contributed by atoms with Gasteiger partial charge in [0.1, 0.15) is 0 Å². The molecule has 0 aromatic carbocycles. The van der Waals surface area contributed by atoms with Gasteiger partial charge in [0.25, 0.3) is 0 Å². The van der Waals surface area contributed by atoms with Crippen LogP contribution in [0.15, 0.2) is 0 Å². The minimum atomic E-state index is -0.988. The molecule has 1 unspecified atom stereocenters. The Bertz CT molecular complexity index is 286. The van der Waals surface area contributed by atoms with Crippen molar-refractivity contribution in [2.24, 2.45) is 5.92 Å². The summed E-state index contributed by atoms with van der Waals surface area (Å²) in [7, 11) is 1.57. The summed E-state index contributed by atoms with van der Waals surface area (Å²) < 4.78 is 0. The molecule has 1 atom stereocenters. The minimum absolute atomic E-state index is 0.107. The first-order chi connectivity index (χ1) is 7.11. The van der Waals surface area contributed by atoms with E-state index in [1.807, 2.05) is 0 Å². The number of amides is 1. The first-order valence-corrected chi connectivity index (χ1v) is 5.25. The summed E-state index contributed by atoms with van der Waals surface area (Å²) in [6.07, 6.45) is 2.39. The molecule has 3 saturated heterocycles. The molecule has 3 aliphatic rings. The fourth-order valence-electron chi connectivity index (χ4n) is 2.93. The Kier molecular flexibility index (Phi) is 2.42. The molecular weight excluding hydrogens is 196 g/mol. The molecule has 1 N–H and O–H groups in total. The van der Waals surface area contributed by atoms with E-state index in [1.165, 1.54) is 4.90 Å². The molecule has 0 radical (unpaired) electrons. The van der Waals surface area contributed by atoms with Crippen LogP contribution >= 0.6 is 0 Å². The van der Waals surface area contributed by atoms with Gasteiger partial charge in [-0.3, -0.25) is 4.79 Å². The van der Waals surface area contributed by atoms with E-state index < -0.39 is 11.5 Å². The van der Waals surface area contributed by atoms with Crippen molar-refractivity contribution in [3.8, 4) is 0 Å². The molecule has 1 amide bonds. The molecule has 0 aromatic heterocycles. The Labute approximate surface area is 88.6 Å². The second-order valence-electron chi connectivity index (χ2n) is 4.50. The topological polar surface area (TPSA) is 60.9 Å². The zero-order chi connectivity index (χ0) is 11.1. The first kappa shape index (κ1) is 10.4. The summed E-state index contributed by atoms with van der Waals surface area (Å²) in [5, 5.41) is 9.39. The van der Waals surface area contributed by atoms with Gasteiger partial charge in [0.05, 0.1) is 0 Å². The molecule has 15 heavy (non-hydrogen) atoms. The lowest BCUT2D eigenvalue weighted by atomic mass is 9.72. The Morgan fingerprint density at radius 1 is 1.53 bits per heavy atom. The molecule has 3 aliphatic heterocycles. The molecular formula is C10H16N2O3. The fraction of sp³-hybridized carbons (Fsp3) is 0.800. The lowest BCUT2D eigenvalue weighted by molar-refractivity contribution is -0.168. The lowest BCUT2D eigenvalue weighted by Crippen LogP contribution is -2.69. The van der Waals surface area contributed by atoms with Crippen molar-refractivity contribution in [2.75, 3.05) is 26.7 Å². The standard InChI is InChI=1S/C10H16N2O3/c1-11(7-13)10(9(14)15)6-12-4-2-8(10)3-5-12/h7-8H,2-6H2,1H3,(H,14,15). The number of carbonyl (C=O) groups excluding carboxylic acids is 1. The van der Waals surface area contributed by atoms with Crippen LogP contribution in [0.25, 0.3) is 0 Å². The Morgan fingerprint density at radius 3 is 2.47 bits per heavy atom. The van der Waals surface area contributed by atoms with Crippen molar-refractivity contribution in [3.63, 3.8) is 0 Å². The third kappa shape index (κ3) is 1.33. The van der Waals surface area contributed by atoms with E-state index in [4.69, 9.17) is 0 Å². The van der Waals surface area contributed by atoms with E-state index in [9.17, 15) is 14.7 Å². The van der Waals surface area contributed by atoms with E-state index in [-0.39, 0.29) is 5.92 Å². The molecule has 84 valence electrons. The second-order valence-corrected chi connectivity index (χ2v) is 4.50. The molecule has 3 heterocycles. The van der Waals surface area contributed by atoms with Crippen molar-refractivity contribution in [1.82, 2.24) is 9.80 Å². The molecule has 0 aliphatic carbocycles. The lowest BCUT2D eigenvalue weighted by Gasteiger charge is -2.53. The van der Waals surface area contributed by atoms with Crippen molar-refractivity contribution >= 4 is 12.4 Å². The summed E-state index contributed by atoms with van der Waals surface area (Å²) in [5.41, 5.74) is -0.988. The average Bonchev–Trinajstić information content (AvgIpc) is 2.28. The zero-order valence-corrected chi connectivity index (χ0v) is 8.85. The molecule has 3 fully saturated rings. The summed E-state index contributed by atoms with van der Waals surface area (Å²) in [6, 6.07) is 0. The minimum Gasteiger partial charge on any atom is -0.479 e. The van der Waals surface area contributed by atoms with Gasteiger partial charge in [-0.15, -0.1) is 0 Å². The van der Waals surface area contributed by atoms with Crippen LogP contribution in [0, 0.1) is 5.92 Å². The Balaban J connectivity index is 2.34. The average molecular weight is 212 g/mol. The van der Waals surface area contributed by atoms with Crippen LogP contribution in [0.5, 0.6) is 0 Å².